The van der Waals surface area contributed by atoms with E-state index in [1.807, 2.05) is 0 Å². The van der Waals surface area contributed by atoms with Crippen molar-refractivity contribution in [2.75, 3.05) is 0 Å². The van der Waals surface area contributed by atoms with Gasteiger partial charge in [0.2, 0.25) is 0 Å². The molecule has 1 heterocycles. The Morgan fingerprint density at radius 1 is 0.824 bits per heavy atom. The van der Waals surface area contributed by atoms with Crippen LogP contribution in [0.1, 0.15) is 41.1 Å². The van der Waals surface area contributed by atoms with Crippen molar-refractivity contribution >= 4 is 11.8 Å². The lowest BCUT2D eigenvalue weighted by Gasteiger charge is -2.21. The van der Waals surface area contributed by atoms with Crippen molar-refractivity contribution in [3.63, 3.8) is 0 Å². The molecule has 0 bridgehead atoms. The average molecular weight is 481 g/mol. The zero-order valence-corrected chi connectivity index (χ0v) is 17.4. The fourth-order valence-corrected chi connectivity index (χ4v) is 3.33. The van der Waals surface area contributed by atoms with Crippen LogP contribution in [0.4, 0.5) is 26.3 Å². The summed E-state index contributed by atoms with van der Waals surface area (Å²) in [6, 6.07) is 13.1. The highest BCUT2D eigenvalue weighted by Gasteiger charge is 2.37. The van der Waals surface area contributed by atoms with E-state index in [4.69, 9.17) is 4.74 Å². The van der Waals surface area contributed by atoms with E-state index in [-0.39, 0.29) is 11.3 Å². The Kier molecular flexibility index (Phi) is 7.38. The molecule has 10 heteroatoms. The lowest BCUT2D eigenvalue weighted by molar-refractivity contribution is -0.140. The molecular formula is C24H17F6NO3. The molecule has 0 amide bonds. The van der Waals surface area contributed by atoms with E-state index in [9.17, 15) is 35.9 Å². The maximum absolute atomic E-state index is 13.6. The number of Topliss-reactive ketones (excluding diaryl/α,β-unsaturated/α-hetero) is 1. The van der Waals surface area contributed by atoms with E-state index in [1.54, 1.807) is 18.2 Å². The van der Waals surface area contributed by atoms with Gasteiger partial charge >= 0.3 is 18.3 Å². The van der Waals surface area contributed by atoms with Crippen molar-refractivity contribution in [3.8, 4) is 5.75 Å². The van der Waals surface area contributed by atoms with Crippen LogP contribution in [0.2, 0.25) is 0 Å². The van der Waals surface area contributed by atoms with Gasteiger partial charge in [-0.2, -0.15) is 26.3 Å². The molecule has 178 valence electrons. The highest BCUT2D eigenvalue weighted by Crippen LogP contribution is 2.39. The van der Waals surface area contributed by atoms with Gasteiger partial charge in [-0.15, -0.1) is 0 Å². The molecule has 0 N–H and O–H groups in total. The second-order valence-electron chi connectivity index (χ2n) is 7.31. The number of carbonyl (C=O) groups is 2. The number of hydrogen-bond acceptors (Lipinski definition) is 4. The maximum Gasteiger partial charge on any atom is 0.418 e. The number of ketones is 1. The lowest BCUT2D eigenvalue weighted by Crippen LogP contribution is -2.20. The smallest absolute Gasteiger partial charge is 0.418 e. The van der Waals surface area contributed by atoms with Crippen molar-refractivity contribution in [1.82, 2.24) is 4.98 Å². The minimum Gasteiger partial charge on any atom is -0.426 e. The number of benzene rings is 2. The number of aromatic nitrogens is 1. The number of halogens is 6. The molecule has 0 unspecified atom stereocenters. The summed E-state index contributed by atoms with van der Waals surface area (Å²) in [5.74, 6) is -2.83. The zero-order valence-electron chi connectivity index (χ0n) is 17.4. The summed E-state index contributed by atoms with van der Waals surface area (Å²) in [4.78, 5) is 28.5. The monoisotopic (exact) mass is 481 g/mol. The van der Waals surface area contributed by atoms with Crippen LogP contribution in [0.25, 0.3) is 0 Å². The number of nitrogens with zero attached hydrogens (tertiary/aromatic N) is 1. The maximum atomic E-state index is 13.6. The Hall–Kier alpha value is -3.69. The molecule has 3 aromatic rings. The number of esters is 1. The van der Waals surface area contributed by atoms with Gasteiger partial charge in [0.25, 0.3) is 0 Å². The third-order valence-corrected chi connectivity index (χ3v) is 4.86. The Balaban J connectivity index is 1.90. The largest absolute Gasteiger partial charge is 0.426 e. The summed E-state index contributed by atoms with van der Waals surface area (Å²) >= 11 is 0. The number of hydrogen-bond donors (Lipinski definition) is 0. The summed E-state index contributed by atoms with van der Waals surface area (Å²) in [7, 11) is 0. The first-order chi connectivity index (χ1) is 15.9. The van der Waals surface area contributed by atoms with Crippen LogP contribution in [0, 0.1) is 0 Å². The van der Waals surface area contributed by atoms with Crippen molar-refractivity contribution in [3.05, 3.63) is 95.3 Å². The fraction of sp³-hybridized carbons (Fsp3) is 0.208. The molecule has 2 aromatic carbocycles. The molecule has 0 fully saturated rings. The molecule has 34 heavy (non-hydrogen) atoms. The molecule has 0 radical (unpaired) electrons. The normalized spacial score (nSPS) is 12.8. The summed E-state index contributed by atoms with van der Waals surface area (Å²) in [6.07, 6.45) is -9.71. The van der Waals surface area contributed by atoms with Crippen molar-refractivity contribution < 1.29 is 40.7 Å². The summed E-state index contributed by atoms with van der Waals surface area (Å²) in [5, 5.41) is 0. The Labute approximate surface area is 190 Å². The number of ether oxygens (including phenoxy) is 1. The molecule has 1 aromatic heterocycles. The lowest BCUT2D eigenvalue weighted by atomic mass is 9.87. The summed E-state index contributed by atoms with van der Waals surface area (Å²) in [6.45, 7) is 0. The number of pyridine rings is 1. The predicted octanol–water partition coefficient (Wildman–Crippen LogP) is 6.21. The quantitative estimate of drug-likeness (QED) is 0.174. The van der Waals surface area contributed by atoms with Crippen LogP contribution in [0.15, 0.2) is 72.9 Å². The van der Waals surface area contributed by atoms with Crippen LogP contribution >= 0.6 is 0 Å². The molecule has 0 aliphatic heterocycles. The van der Waals surface area contributed by atoms with Gasteiger partial charge in [-0.25, -0.2) is 0 Å². The molecule has 3 rings (SSSR count). The van der Waals surface area contributed by atoms with Gasteiger partial charge in [-0.1, -0.05) is 30.3 Å². The van der Waals surface area contributed by atoms with Crippen molar-refractivity contribution in [2.24, 2.45) is 0 Å². The predicted molar refractivity (Wildman–Crippen MR) is 109 cm³/mol. The van der Waals surface area contributed by atoms with E-state index >= 15 is 0 Å². The highest BCUT2D eigenvalue weighted by atomic mass is 19.4. The van der Waals surface area contributed by atoms with Gasteiger partial charge in [0.05, 0.1) is 16.8 Å². The molecule has 0 saturated carbocycles. The van der Waals surface area contributed by atoms with Crippen molar-refractivity contribution in [2.45, 2.75) is 31.1 Å². The topological polar surface area (TPSA) is 56.3 Å². The first-order valence-corrected chi connectivity index (χ1v) is 9.92. The molecule has 0 saturated heterocycles. The molecule has 1 atom stereocenters. The molecular weight excluding hydrogens is 464 g/mol. The van der Waals surface area contributed by atoms with E-state index in [0.29, 0.717) is 12.1 Å². The van der Waals surface area contributed by atoms with E-state index < -0.39 is 59.7 Å². The second-order valence-corrected chi connectivity index (χ2v) is 7.31. The average Bonchev–Trinajstić information content (AvgIpc) is 2.77. The van der Waals surface area contributed by atoms with Crippen LogP contribution in [-0.2, 0) is 21.9 Å². The highest BCUT2D eigenvalue weighted by molar-refractivity contribution is 5.96. The van der Waals surface area contributed by atoms with Crippen LogP contribution in [-0.4, -0.2) is 16.7 Å². The second kappa shape index (κ2) is 10.1. The summed E-state index contributed by atoms with van der Waals surface area (Å²) in [5.41, 5.74) is -2.63. The van der Waals surface area contributed by atoms with Gasteiger partial charge in [0.1, 0.15) is 18.0 Å². The van der Waals surface area contributed by atoms with Crippen molar-refractivity contribution in [1.29, 1.82) is 0 Å². The summed E-state index contributed by atoms with van der Waals surface area (Å²) < 4.78 is 84.6. The van der Waals surface area contributed by atoms with Gasteiger partial charge in [-0.05, 0) is 42.0 Å². The third-order valence-electron chi connectivity index (χ3n) is 4.86. The van der Waals surface area contributed by atoms with Gasteiger partial charge < -0.3 is 4.74 Å². The molecule has 0 spiro atoms. The minimum atomic E-state index is -4.82. The van der Waals surface area contributed by atoms with E-state index in [1.165, 1.54) is 12.1 Å². The van der Waals surface area contributed by atoms with E-state index in [2.05, 4.69) is 4.98 Å². The van der Waals surface area contributed by atoms with E-state index in [0.717, 1.165) is 30.5 Å². The Morgan fingerprint density at radius 3 is 2.06 bits per heavy atom. The number of alkyl halides is 6. The Morgan fingerprint density at radius 2 is 1.47 bits per heavy atom. The van der Waals surface area contributed by atoms with Gasteiger partial charge in [0.15, 0.2) is 0 Å². The minimum absolute atomic E-state index is 0.0157. The standard InChI is InChI=1S/C24H17F6NO3/c25-23(26,27)16-10-8-15(9-11-16)19(22-20(24(28,29)30)7-4-12-31-22)13-17(32)14-21(33)34-18-5-2-1-3-6-18/h1-12,19H,13-14H2/t19-/m0/s1. The number of rotatable bonds is 7. The molecule has 4 nitrogen and oxygen atoms in total. The van der Waals surface area contributed by atoms with Crippen LogP contribution < -0.4 is 4.74 Å². The first-order valence-electron chi connectivity index (χ1n) is 9.92. The fourth-order valence-electron chi connectivity index (χ4n) is 3.33. The number of para-hydroxylation sites is 1. The third kappa shape index (κ3) is 6.43. The molecule has 0 aliphatic rings. The number of carbonyl (C=O) groups excluding carboxylic acids is 2. The molecule has 0 aliphatic carbocycles. The zero-order chi connectivity index (χ0) is 24.9. The van der Waals surface area contributed by atoms with Gasteiger partial charge in [-0.3, -0.25) is 14.6 Å². The Bertz CT molecular complexity index is 1140. The first kappa shape index (κ1) is 24.9. The van der Waals surface area contributed by atoms with Crippen LogP contribution in [0.5, 0.6) is 5.75 Å². The van der Waals surface area contributed by atoms with Gasteiger partial charge in [0, 0.05) is 18.5 Å². The SMILES string of the molecule is O=C(CC(=O)Oc1ccccc1)C[C@@H](c1ccc(C(F)(F)F)cc1)c1ncccc1C(F)(F)F. The van der Waals surface area contributed by atoms with Crippen LogP contribution in [0.3, 0.4) is 0 Å².